The van der Waals surface area contributed by atoms with Gasteiger partial charge in [-0.1, -0.05) is 6.07 Å². The molecule has 0 bridgehead atoms. The number of nitrogens with zero attached hydrogens (tertiary/aromatic N) is 2. The fourth-order valence-corrected chi connectivity index (χ4v) is 3.79. The Morgan fingerprint density at radius 1 is 1.46 bits per heavy atom. The highest BCUT2D eigenvalue weighted by Crippen LogP contribution is 2.20. The minimum absolute atomic E-state index is 0.0251. The molecule has 1 saturated heterocycles. The smallest absolute Gasteiger partial charge is 0.252 e. The van der Waals surface area contributed by atoms with E-state index in [0.717, 1.165) is 46.4 Å². The van der Waals surface area contributed by atoms with Gasteiger partial charge in [-0.2, -0.15) is 0 Å². The van der Waals surface area contributed by atoms with Gasteiger partial charge in [0.15, 0.2) is 0 Å². The van der Waals surface area contributed by atoms with Crippen LogP contribution in [0.25, 0.3) is 0 Å². The van der Waals surface area contributed by atoms with Crippen molar-refractivity contribution in [2.24, 2.45) is 0 Å². The summed E-state index contributed by atoms with van der Waals surface area (Å²) in [6, 6.07) is 5.98. The van der Waals surface area contributed by atoms with Crippen molar-refractivity contribution in [3.63, 3.8) is 0 Å². The van der Waals surface area contributed by atoms with Crippen molar-refractivity contribution < 1.29 is 9.53 Å². The average Bonchev–Trinajstić information content (AvgIpc) is 2.91. The van der Waals surface area contributed by atoms with Gasteiger partial charge in [-0.15, -0.1) is 11.3 Å². The number of thiophene rings is 1. The van der Waals surface area contributed by atoms with Gasteiger partial charge in [0.05, 0.1) is 18.3 Å². The molecule has 2 aromatic rings. The largest absolute Gasteiger partial charge is 0.375 e. The first-order valence-corrected chi connectivity index (χ1v) is 9.01. The molecular weight excluding hydrogens is 322 g/mol. The molecule has 1 fully saturated rings. The van der Waals surface area contributed by atoms with E-state index in [1.807, 2.05) is 38.2 Å². The molecule has 1 N–H and O–H groups in total. The molecule has 1 atom stereocenters. The van der Waals surface area contributed by atoms with Crippen LogP contribution in [0.5, 0.6) is 0 Å². The maximum absolute atomic E-state index is 12.3. The van der Waals surface area contributed by atoms with Crippen LogP contribution in [0.4, 0.5) is 5.82 Å². The molecule has 0 aromatic carbocycles. The van der Waals surface area contributed by atoms with E-state index in [4.69, 9.17) is 4.74 Å². The number of amides is 1. The molecule has 3 heterocycles. The molecule has 0 saturated carbocycles. The van der Waals surface area contributed by atoms with Crippen molar-refractivity contribution in [1.29, 1.82) is 0 Å². The summed E-state index contributed by atoms with van der Waals surface area (Å²) in [6.45, 7) is 9.02. The predicted molar refractivity (Wildman–Crippen MR) is 96.8 cm³/mol. The van der Waals surface area contributed by atoms with Crippen molar-refractivity contribution in [2.45, 2.75) is 33.4 Å². The van der Waals surface area contributed by atoms with Crippen molar-refractivity contribution in [3.05, 3.63) is 45.3 Å². The van der Waals surface area contributed by atoms with Crippen molar-refractivity contribution in [3.8, 4) is 0 Å². The Bertz CT molecular complexity index is 712. The Morgan fingerprint density at radius 3 is 2.92 bits per heavy atom. The summed E-state index contributed by atoms with van der Waals surface area (Å²) < 4.78 is 5.56. The number of rotatable bonds is 4. The molecule has 128 valence electrons. The number of hydrogen-bond acceptors (Lipinski definition) is 5. The van der Waals surface area contributed by atoms with Crippen LogP contribution in [0.15, 0.2) is 24.4 Å². The van der Waals surface area contributed by atoms with Gasteiger partial charge in [-0.05, 0) is 38.5 Å². The third-order valence-electron chi connectivity index (χ3n) is 4.11. The first-order chi connectivity index (χ1) is 11.5. The van der Waals surface area contributed by atoms with Crippen LogP contribution in [-0.4, -0.2) is 36.7 Å². The Kier molecular flexibility index (Phi) is 5.16. The molecule has 3 rings (SSSR count). The summed E-state index contributed by atoms with van der Waals surface area (Å²) in [7, 11) is 0. The number of morpholine rings is 1. The summed E-state index contributed by atoms with van der Waals surface area (Å²) in [5, 5.41) is 2.97. The van der Waals surface area contributed by atoms with E-state index >= 15 is 0 Å². The fraction of sp³-hybridized carbons (Fsp3) is 0.444. The Balaban J connectivity index is 1.58. The zero-order chi connectivity index (χ0) is 17.1. The maximum Gasteiger partial charge on any atom is 0.252 e. The van der Waals surface area contributed by atoms with Gasteiger partial charge in [-0.3, -0.25) is 4.79 Å². The summed E-state index contributed by atoms with van der Waals surface area (Å²) in [5.74, 6) is 0.937. The number of pyridine rings is 1. The monoisotopic (exact) mass is 345 g/mol. The lowest BCUT2D eigenvalue weighted by atomic mass is 10.2. The highest BCUT2D eigenvalue weighted by molar-refractivity contribution is 7.12. The van der Waals surface area contributed by atoms with E-state index in [1.165, 1.54) is 0 Å². The van der Waals surface area contributed by atoms with Crippen LogP contribution in [-0.2, 0) is 11.3 Å². The average molecular weight is 345 g/mol. The summed E-state index contributed by atoms with van der Waals surface area (Å²) in [6.07, 6.45) is 2.07. The Hall–Kier alpha value is -1.92. The number of carbonyl (C=O) groups excluding carboxylic acids is 1. The van der Waals surface area contributed by atoms with Crippen LogP contribution in [0, 0.1) is 13.8 Å². The molecule has 2 aromatic heterocycles. The molecule has 1 amide bonds. The summed E-state index contributed by atoms with van der Waals surface area (Å²) in [4.78, 5) is 21.2. The quantitative estimate of drug-likeness (QED) is 0.926. The number of aromatic nitrogens is 1. The normalized spacial score (nSPS) is 17.8. The number of hydrogen-bond donors (Lipinski definition) is 1. The first kappa shape index (κ1) is 16.9. The number of nitrogens with one attached hydrogen (secondary N) is 1. The number of aryl methyl sites for hydroxylation is 2. The molecular formula is C18H23N3O2S. The highest BCUT2D eigenvalue weighted by atomic mass is 32.1. The first-order valence-electron chi connectivity index (χ1n) is 8.19. The predicted octanol–water partition coefficient (Wildman–Crippen LogP) is 2.92. The number of anilines is 1. The summed E-state index contributed by atoms with van der Waals surface area (Å²) in [5.41, 5.74) is 1.77. The van der Waals surface area contributed by atoms with Gasteiger partial charge in [0, 0.05) is 35.6 Å². The molecule has 1 aliphatic heterocycles. The second-order valence-electron chi connectivity index (χ2n) is 6.16. The van der Waals surface area contributed by atoms with Crippen molar-refractivity contribution >= 4 is 23.1 Å². The van der Waals surface area contributed by atoms with Gasteiger partial charge in [-0.25, -0.2) is 4.98 Å². The van der Waals surface area contributed by atoms with E-state index in [-0.39, 0.29) is 12.0 Å². The van der Waals surface area contributed by atoms with Gasteiger partial charge in [0.25, 0.3) is 5.91 Å². The molecule has 1 aliphatic rings. The topological polar surface area (TPSA) is 54.5 Å². The van der Waals surface area contributed by atoms with Crippen LogP contribution in [0.1, 0.15) is 32.6 Å². The van der Waals surface area contributed by atoms with Gasteiger partial charge < -0.3 is 15.0 Å². The molecule has 24 heavy (non-hydrogen) atoms. The van der Waals surface area contributed by atoms with Crippen molar-refractivity contribution in [1.82, 2.24) is 10.3 Å². The lowest BCUT2D eigenvalue weighted by Crippen LogP contribution is -2.41. The van der Waals surface area contributed by atoms with Crippen LogP contribution in [0.2, 0.25) is 0 Å². The lowest BCUT2D eigenvalue weighted by Gasteiger charge is -2.32. The second-order valence-corrected chi connectivity index (χ2v) is 7.62. The van der Waals surface area contributed by atoms with Gasteiger partial charge >= 0.3 is 0 Å². The minimum Gasteiger partial charge on any atom is -0.375 e. The highest BCUT2D eigenvalue weighted by Gasteiger charge is 2.17. The van der Waals surface area contributed by atoms with E-state index in [9.17, 15) is 4.79 Å². The standard InChI is InChI=1S/C18H23N3O2S/c1-12-11-21(6-7-23-12)17-5-4-15(9-19-17)10-20-18(22)16-8-13(2)24-14(16)3/h4-5,8-9,12H,6-7,10-11H2,1-3H3,(H,20,22)/t12-/m0/s1. The van der Waals surface area contributed by atoms with E-state index in [2.05, 4.69) is 22.1 Å². The number of ether oxygens (including phenoxy) is 1. The zero-order valence-electron chi connectivity index (χ0n) is 14.3. The summed E-state index contributed by atoms with van der Waals surface area (Å²) >= 11 is 1.65. The lowest BCUT2D eigenvalue weighted by molar-refractivity contribution is 0.0529. The molecule has 5 nitrogen and oxygen atoms in total. The molecule has 0 spiro atoms. The molecule has 0 radical (unpaired) electrons. The van der Waals surface area contributed by atoms with E-state index in [1.54, 1.807) is 11.3 Å². The third kappa shape index (κ3) is 3.94. The Labute approximate surface area is 146 Å². The molecule has 6 heteroatoms. The van der Waals surface area contributed by atoms with Gasteiger partial charge in [0.1, 0.15) is 5.82 Å². The minimum atomic E-state index is -0.0251. The van der Waals surface area contributed by atoms with E-state index in [0.29, 0.717) is 6.54 Å². The Morgan fingerprint density at radius 2 is 2.29 bits per heavy atom. The maximum atomic E-state index is 12.3. The van der Waals surface area contributed by atoms with Crippen LogP contribution >= 0.6 is 11.3 Å². The van der Waals surface area contributed by atoms with E-state index < -0.39 is 0 Å². The third-order valence-corrected chi connectivity index (χ3v) is 5.08. The second kappa shape index (κ2) is 7.32. The zero-order valence-corrected chi connectivity index (χ0v) is 15.2. The fourth-order valence-electron chi connectivity index (χ4n) is 2.87. The molecule has 0 unspecified atom stereocenters. The SMILES string of the molecule is Cc1cc(C(=O)NCc2ccc(N3CCO[C@@H](C)C3)nc2)c(C)s1. The number of carbonyl (C=O) groups is 1. The van der Waals surface area contributed by atoms with Crippen molar-refractivity contribution in [2.75, 3.05) is 24.6 Å². The van der Waals surface area contributed by atoms with Crippen LogP contribution in [0.3, 0.4) is 0 Å². The van der Waals surface area contributed by atoms with Crippen LogP contribution < -0.4 is 10.2 Å². The molecule has 0 aliphatic carbocycles. The van der Waals surface area contributed by atoms with Gasteiger partial charge in [0.2, 0.25) is 0 Å².